The minimum Gasteiger partial charge on any atom is -0.448 e. The third-order valence-electron chi connectivity index (χ3n) is 7.05. The number of halogens is 1. The molecule has 0 atom stereocenters. The Balaban J connectivity index is 1.12. The maximum Gasteiger partial charge on any atom is 0.273 e. The number of nitrogens with one attached hydrogen (secondary N) is 1. The SMILES string of the molecule is CCCCn1c(C2CCN(CCc3nc(C(=O)NCc4ncccc4F)co3)CC2)nc2ccccc21. The van der Waals surface area contributed by atoms with Crippen molar-refractivity contribution in [3.8, 4) is 0 Å². The van der Waals surface area contributed by atoms with Crippen molar-refractivity contribution in [2.24, 2.45) is 0 Å². The van der Waals surface area contributed by atoms with Crippen LogP contribution in [-0.2, 0) is 19.5 Å². The highest BCUT2D eigenvalue weighted by Gasteiger charge is 2.25. The maximum absolute atomic E-state index is 13.7. The second-order valence-corrected chi connectivity index (χ2v) is 9.57. The molecule has 4 heterocycles. The molecule has 9 heteroatoms. The number of amides is 1. The van der Waals surface area contributed by atoms with E-state index in [0.29, 0.717) is 18.2 Å². The van der Waals surface area contributed by atoms with E-state index in [-0.39, 0.29) is 17.9 Å². The molecule has 8 nitrogen and oxygen atoms in total. The molecular formula is C28H33FN6O2. The van der Waals surface area contributed by atoms with Crippen molar-refractivity contribution >= 4 is 16.9 Å². The van der Waals surface area contributed by atoms with Crippen LogP contribution >= 0.6 is 0 Å². The average Bonchev–Trinajstić information content (AvgIpc) is 3.55. The molecule has 0 bridgehead atoms. The fourth-order valence-corrected chi connectivity index (χ4v) is 4.96. The maximum atomic E-state index is 13.7. The van der Waals surface area contributed by atoms with Crippen molar-refractivity contribution in [1.29, 1.82) is 0 Å². The summed E-state index contributed by atoms with van der Waals surface area (Å²) in [7, 11) is 0. The lowest BCUT2D eigenvalue weighted by atomic mass is 9.95. The van der Waals surface area contributed by atoms with E-state index in [9.17, 15) is 9.18 Å². The predicted octanol–water partition coefficient (Wildman–Crippen LogP) is 4.71. The van der Waals surface area contributed by atoms with Crippen LogP contribution in [-0.4, -0.2) is 50.0 Å². The summed E-state index contributed by atoms with van der Waals surface area (Å²) in [6, 6.07) is 11.3. The predicted molar refractivity (Wildman–Crippen MR) is 139 cm³/mol. The van der Waals surface area contributed by atoms with Crippen LogP contribution in [0.15, 0.2) is 53.3 Å². The summed E-state index contributed by atoms with van der Waals surface area (Å²) < 4.78 is 21.7. The summed E-state index contributed by atoms with van der Waals surface area (Å²) in [5.74, 6) is 1.35. The number of aromatic nitrogens is 4. The summed E-state index contributed by atoms with van der Waals surface area (Å²) in [5, 5.41) is 2.64. The zero-order valence-electron chi connectivity index (χ0n) is 21.2. The Kier molecular flexibility index (Phi) is 7.89. The number of pyridine rings is 1. The van der Waals surface area contributed by atoms with Gasteiger partial charge in [-0.1, -0.05) is 25.5 Å². The largest absolute Gasteiger partial charge is 0.448 e. The normalized spacial score (nSPS) is 14.9. The first-order valence-corrected chi connectivity index (χ1v) is 13.1. The molecule has 37 heavy (non-hydrogen) atoms. The number of hydrogen-bond donors (Lipinski definition) is 1. The van der Waals surface area contributed by atoms with Gasteiger partial charge < -0.3 is 19.2 Å². The van der Waals surface area contributed by atoms with E-state index in [0.717, 1.165) is 57.4 Å². The molecule has 194 valence electrons. The number of oxazole rings is 1. The molecule has 1 amide bonds. The first kappa shape index (κ1) is 25.1. The Morgan fingerprint density at radius 2 is 1.97 bits per heavy atom. The number of benzene rings is 1. The van der Waals surface area contributed by atoms with Crippen LogP contribution < -0.4 is 5.32 Å². The fraction of sp³-hybridized carbons (Fsp3) is 0.429. The van der Waals surface area contributed by atoms with Crippen LogP contribution in [0.2, 0.25) is 0 Å². The van der Waals surface area contributed by atoms with Gasteiger partial charge in [0.15, 0.2) is 11.6 Å². The van der Waals surface area contributed by atoms with Crippen LogP contribution in [0.3, 0.4) is 0 Å². The van der Waals surface area contributed by atoms with Crippen LogP contribution in [0.5, 0.6) is 0 Å². The van der Waals surface area contributed by atoms with Gasteiger partial charge in [0.25, 0.3) is 5.91 Å². The molecule has 1 saturated heterocycles. The first-order chi connectivity index (χ1) is 18.1. The van der Waals surface area contributed by atoms with Gasteiger partial charge >= 0.3 is 0 Å². The molecule has 0 saturated carbocycles. The van der Waals surface area contributed by atoms with Gasteiger partial charge in [0.2, 0.25) is 0 Å². The minimum atomic E-state index is -0.453. The van der Waals surface area contributed by atoms with E-state index < -0.39 is 11.7 Å². The van der Waals surface area contributed by atoms with E-state index in [1.165, 1.54) is 35.9 Å². The number of piperidine rings is 1. The highest BCUT2D eigenvalue weighted by atomic mass is 19.1. The number of fused-ring (bicyclic) bond motifs is 1. The topological polar surface area (TPSA) is 89.1 Å². The molecule has 1 N–H and O–H groups in total. The van der Waals surface area contributed by atoms with Gasteiger partial charge in [-0.3, -0.25) is 9.78 Å². The Labute approximate surface area is 215 Å². The van der Waals surface area contributed by atoms with Gasteiger partial charge in [-0.25, -0.2) is 14.4 Å². The van der Waals surface area contributed by atoms with Crippen LogP contribution in [0.1, 0.15) is 66.4 Å². The number of carbonyl (C=O) groups is 1. The standard InChI is InChI=1S/C28H33FN6O2/c1-2-3-14-35-25-9-5-4-8-22(25)33-27(35)20-10-15-34(16-11-20)17-12-26-32-24(19-37-26)28(36)31-18-23-21(29)7-6-13-30-23/h4-9,13,19-20H,2-3,10-12,14-18H2,1H3,(H,31,36). The number of likely N-dealkylation sites (tertiary alicyclic amines) is 1. The quantitative estimate of drug-likeness (QED) is 0.336. The van der Waals surface area contributed by atoms with E-state index in [4.69, 9.17) is 9.40 Å². The second kappa shape index (κ2) is 11.6. The molecule has 1 aromatic carbocycles. The van der Waals surface area contributed by atoms with Crippen molar-refractivity contribution in [2.45, 2.75) is 58.0 Å². The highest BCUT2D eigenvalue weighted by molar-refractivity contribution is 5.91. The summed E-state index contributed by atoms with van der Waals surface area (Å²) in [4.78, 5) is 28.1. The van der Waals surface area contributed by atoms with E-state index in [2.05, 4.69) is 55.9 Å². The summed E-state index contributed by atoms with van der Waals surface area (Å²) >= 11 is 0. The monoisotopic (exact) mass is 504 g/mol. The lowest BCUT2D eigenvalue weighted by Crippen LogP contribution is -2.35. The summed E-state index contributed by atoms with van der Waals surface area (Å²) in [6.45, 7) is 6.04. The molecule has 0 unspecified atom stereocenters. The zero-order valence-corrected chi connectivity index (χ0v) is 21.2. The van der Waals surface area contributed by atoms with Gasteiger partial charge in [-0.05, 0) is 56.6 Å². The molecule has 3 aromatic heterocycles. The Bertz CT molecular complexity index is 1340. The lowest BCUT2D eigenvalue weighted by Gasteiger charge is -2.31. The summed E-state index contributed by atoms with van der Waals surface area (Å²) in [5.41, 5.74) is 2.70. The smallest absolute Gasteiger partial charge is 0.273 e. The van der Waals surface area contributed by atoms with Crippen LogP contribution in [0.25, 0.3) is 11.0 Å². The number of unbranched alkanes of at least 4 members (excludes halogenated alkanes) is 1. The average molecular weight is 505 g/mol. The van der Waals surface area contributed by atoms with E-state index in [1.54, 1.807) is 0 Å². The van der Waals surface area contributed by atoms with E-state index in [1.807, 2.05) is 0 Å². The van der Waals surface area contributed by atoms with Gasteiger partial charge in [-0.15, -0.1) is 0 Å². The number of rotatable bonds is 10. The molecule has 0 radical (unpaired) electrons. The van der Waals surface area contributed by atoms with Crippen LogP contribution in [0.4, 0.5) is 4.39 Å². The molecular weight excluding hydrogens is 471 g/mol. The Morgan fingerprint density at radius 3 is 2.78 bits per heavy atom. The minimum absolute atomic E-state index is 0.00507. The Hall–Kier alpha value is -3.59. The highest BCUT2D eigenvalue weighted by Crippen LogP contribution is 2.30. The molecule has 0 spiro atoms. The molecule has 5 rings (SSSR count). The second-order valence-electron chi connectivity index (χ2n) is 9.57. The van der Waals surface area contributed by atoms with Gasteiger partial charge in [0.1, 0.15) is 17.9 Å². The third-order valence-corrected chi connectivity index (χ3v) is 7.05. The van der Waals surface area contributed by atoms with Gasteiger partial charge in [0, 0.05) is 31.6 Å². The van der Waals surface area contributed by atoms with Gasteiger partial charge in [0.05, 0.1) is 23.3 Å². The zero-order chi connectivity index (χ0) is 25.6. The first-order valence-electron chi connectivity index (χ1n) is 13.1. The molecule has 1 aliphatic rings. The number of para-hydroxylation sites is 2. The number of aryl methyl sites for hydroxylation is 1. The van der Waals surface area contributed by atoms with Crippen molar-refractivity contribution < 1.29 is 13.6 Å². The van der Waals surface area contributed by atoms with Gasteiger partial charge in [-0.2, -0.15) is 0 Å². The molecule has 0 aliphatic carbocycles. The van der Waals surface area contributed by atoms with E-state index >= 15 is 0 Å². The number of hydrogen-bond acceptors (Lipinski definition) is 6. The third kappa shape index (κ3) is 5.88. The van der Waals surface area contributed by atoms with Crippen molar-refractivity contribution in [1.82, 2.24) is 29.7 Å². The van der Waals surface area contributed by atoms with Crippen molar-refractivity contribution in [2.75, 3.05) is 19.6 Å². The fourth-order valence-electron chi connectivity index (χ4n) is 4.96. The van der Waals surface area contributed by atoms with Crippen LogP contribution in [0, 0.1) is 5.82 Å². The molecule has 4 aromatic rings. The molecule has 1 fully saturated rings. The number of carbonyl (C=O) groups excluding carboxylic acids is 1. The molecule has 1 aliphatic heterocycles. The lowest BCUT2D eigenvalue weighted by molar-refractivity contribution is 0.0945. The van der Waals surface area contributed by atoms with Crippen molar-refractivity contribution in [3.63, 3.8) is 0 Å². The Morgan fingerprint density at radius 1 is 1.14 bits per heavy atom. The van der Waals surface area contributed by atoms with Crippen molar-refractivity contribution in [3.05, 3.63) is 77.8 Å². The number of imidazole rings is 1. The number of nitrogens with zero attached hydrogens (tertiary/aromatic N) is 5. The summed E-state index contributed by atoms with van der Waals surface area (Å²) in [6.07, 6.45) is 7.93.